The summed E-state index contributed by atoms with van der Waals surface area (Å²) in [5.41, 5.74) is 0.553. The van der Waals surface area contributed by atoms with Crippen LogP contribution in [0.15, 0.2) is 54.6 Å². The van der Waals surface area contributed by atoms with Gasteiger partial charge < -0.3 is 29.3 Å². The normalized spacial score (nSPS) is 27.6. The highest BCUT2D eigenvalue weighted by Gasteiger charge is 2.59. The maximum absolute atomic E-state index is 16.3. The topological polar surface area (TPSA) is 138 Å². The van der Waals surface area contributed by atoms with E-state index in [9.17, 15) is 45.7 Å². The lowest BCUT2D eigenvalue weighted by molar-refractivity contribution is -0.154. The van der Waals surface area contributed by atoms with E-state index in [-0.39, 0.29) is 77.2 Å². The number of ether oxygens (including phenoxy) is 1. The molecular formula is C47H58F6N5O7PS. The van der Waals surface area contributed by atoms with E-state index in [1.54, 1.807) is 11.8 Å². The summed E-state index contributed by atoms with van der Waals surface area (Å²) < 4.78 is 109. The van der Waals surface area contributed by atoms with Crippen molar-refractivity contribution >= 4 is 52.6 Å². The number of alkyl halides is 6. The summed E-state index contributed by atoms with van der Waals surface area (Å²) in [5, 5.41) is 5.31. The van der Waals surface area contributed by atoms with Gasteiger partial charge in [0.15, 0.2) is 6.61 Å². The third kappa shape index (κ3) is 10.8. The highest BCUT2D eigenvalue weighted by Crippen LogP contribution is 2.59. The number of esters is 1. The van der Waals surface area contributed by atoms with Crippen LogP contribution in [0.1, 0.15) is 124 Å². The molecule has 2 aliphatic carbocycles. The lowest BCUT2D eigenvalue weighted by Crippen LogP contribution is -2.59. The molecular weight excluding hydrogens is 924 g/mol. The first kappa shape index (κ1) is 49.4. The average molecular weight is 982 g/mol. The monoisotopic (exact) mass is 981 g/mol. The molecule has 5 aliphatic rings. The highest BCUT2D eigenvalue weighted by atomic mass is 32.1. The molecule has 9 atom stereocenters. The van der Waals surface area contributed by atoms with Crippen molar-refractivity contribution in [1.29, 1.82) is 0 Å². The van der Waals surface area contributed by atoms with Crippen LogP contribution in [-0.2, 0) is 28.2 Å². The van der Waals surface area contributed by atoms with Crippen molar-refractivity contribution < 1.29 is 59.3 Å². The van der Waals surface area contributed by atoms with Crippen molar-refractivity contribution in [2.45, 2.75) is 157 Å². The highest BCUT2D eigenvalue weighted by molar-refractivity contribution is 7.57. The van der Waals surface area contributed by atoms with Crippen LogP contribution in [0.3, 0.4) is 0 Å². The molecule has 20 heteroatoms. The molecule has 1 spiro atoms. The van der Waals surface area contributed by atoms with Crippen molar-refractivity contribution in [3.63, 3.8) is 0 Å². The van der Waals surface area contributed by atoms with Crippen LogP contribution in [0.25, 0.3) is 10.1 Å². The van der Waals surface area contributed by atoms with Crippen molar-refractivity contribution in [3.05, 3.63) is 70.6 Å². The number of carbonyl (C=O) groups excluding carboxylic acids is 4. The number of amides is 3. The molecule has 366 valence electrons. The molecule has 2 N–H and O–H groups in total. The molecule has 2 saturated carbocycles. The number of likely N-dealkylation sites (tertiary alicyclic amines) is 1. The van der Waals surface area contributed by atoms with Crippen molar-refractivity contribution in [2.75, 3.05) is 26.8 Å². The number of fused-ring (bicyclic) bond motifs is 2. The van der Waals surface area contributed by atoms with Crippen LogP contribution < -0.4 is 10.4 Å². The Labute approximate surface area is 390 Å². The number of nitrogens with one attached hydrogen (secondary N) is 2. The van der Waals surface area contributed by atoms with Gasteiger partial charge in [-0.2, -0.15) is 13.2 Å². The Morgan fingerprint density at radius 1 is 0.985 bits per heavy atom. The maximum atomic E-state index is 16.3. The van der Waals surface area contributed by atoms with E-state index in [4.69, 9.17) is 4.74 Å². The van der Waals surface area contributed by atoms with Gasteiger partial charge in [0, 0.05) is 53.7 Å². The number of nitrogens with zero attached hydrogens (tertiary/aromatic N) is 3. The third-order valence-electron chi connectivity index (χ3n) is 14.4. The van der Waals surface area contributed by atoms with Gasteiger partial charge in [0.2, 0.25) is 23.6 Å². The van der Waals surface area contributed by atoms with Gasteiger partial charge in [-0.1, -0.05) is 43.3 Å². The molecule has 5 fully saturated rings. The summed E-state index contributed by atoms with van der Waals surface area (Å²) in [5.74, 6) is -7.40. The lowest BCUT2D eigenvalue weighted by Gasteiger charge is -2.42. The summed E-state index contributed by atoms with van der Waals surface area (Å²) in [6.07, 6.45) is -0.0622. The number of thiophene rings is 1. The van der Waals surface area contributed by atoms with Crippen LogP contribution in [-0.4, -0.2) is 119 Å². The van der Waals surface area contributed by atoms with Gasteiger partial charge in [0.05, 0.1) is 11.5 Å². The quantitative estimate of drug-likeness (QED) is 0.0868. The lowest BCUT2D eigenvalue weighted by atomic mass is 9.92. The Morgan fingerprint density at radius 3 is 2.40 bits per heavy atom. The van der Waals surface area contributed by atoms with Gasteiger partial charge >= 0.3 is 19.7 Å². The fraction of sp³-hybridized carbons (Fsp3) is 0.617. The van der Waals surface area contributed by atoms with E-state index in [0.717, 1.165) is 43.1 Å². The molecule has 3 aromatic rings. The second-order valence-electron chi connectivity index (χ2n) is 19.1. The smallest absolute Gasteiger partial charge is 0.412 e. The molecule has 12 nitrogen and oxygen atoms in total. The van der Waals surface area contributed by atoms with Gasteiger partial charge in [0.1, 0.15) is 18.1 Å². The second kappa shape index (κ2) is 19.4. The minimum atomic E-state index is -5.10. The first-order valence-electron chi connectivity index (χ1n) is 23.2. The number of carbonyl (C=O) groups is 4. The Morgan fingerprint density at radius 2 is 1.73 bits per heavy atom. The predicted molar refractivity (Wildman–Crippen MR) is 240 cm³/mol. The average Bonchev–Trinajstić information content (AvgIpc) is 3.61. The zero-order valence-electron chi connectivity index (χ0n) is 37.7. The number of rotatable bonds is 15. The van der Waals surface area contributed by atoms with Gasteiger partial charge in [-0.05, 0) is 113 Å². The molecule has 3 saturated heterocycles. The molecule has 2 aromatic carbocycles. The van der Waals surface area contributed by atoms with E-state index in [1.807, 2.05) is 35.0 Å². The van der Waals surface area contributed by atoms with Crippen molar-refractivity contribution in [3.8, 4) is 0 Å². The van der Waals surface area contributed by atoms with Crippen LogP contribution >= 0.6 is 18.9 Å². The van der Waals surface area contributed by atoms with Gasteiger partial charge in [0.25, 0.3) is 5.91 Å². The number of benzene rings is 2. The van der Waals surface area contributed by atoms with Crippen LogP contribution in [0, 0.1) is 0 Å². The molecule has 3 aliphatic heterocycles. The molecule has 1 unspecified atom stereocenters. The minimum absolute atomic E-state index is 0.0203. The molecule has 1 aromatic heterocycles. The van der Waals surface area contributed by atoms with Gasteiger partial charge in [-0.25, -0.2) is 18.3 Å². The molecule has 4 heterocycles. The summed E-state index contributed by atoms with van der Waals surface area (Å²) in [4.78, 5) is 62.0. The van der Waals surface area contributed by atoms with E-state index in [0.29, 0.717) is 49.8 Å². The van der Waals surface area contributed by atoms with Crippen molar-refractivity contribution in [2.24, 2.45) is 0 Å². The fourth-order valence-corrected chi connectivity index (χ4v) is 13.5. The fourth-order valence-electron chi connectivity index (χ4n) is 10.7. The molecule has 0 radical (unpaired) electrons. The number of halogens is 6. The number of hydrogen-bond donors (Lipinski definition) is 2. The summed E-state index contributed by atoms with van der Waals surface area (Å²) in [6, 6.07) is 11.0. The first-order chi connectivity index (χ1) is 31.7. The second-order valence-corrected chi connectivity index (χ2v) is 22.4. The SMILES string of the molecule is CCCOC(=O)[C@H](C)NP(=O)(OCC(F)(F)F)[C@H](F)c1ccc2sc(C(=O)N[C@H]3CC[C@H](N(C)[C@H]4CCC(F)(F)C4)C[C@H]4CC[C@@H](C(=O)N5C[C@H](c6ccccc6)CC56CC6)N4C3=O)cc2c1. The van der Waals surface area contributed by atoms with Crippen LogP contribution in [0.5, 0.6) is 0 Å². The maximum Gasteiger partial charge on any atom is 0.412 e. The Bertz CT molecular complexity index is 2370. The van der Waals surface area contributed by atoms with Crippen molar-refractivity contribution in [1.82, 2.24) is 25.1 Å². The summed E-state index contributed by atoms with van der Waals surface area (Å²) in [7, 11) is -3.26. The number of hydrogen-bond acceptors (Lipinski definition) is 9. The van der Waals surface area contributed by atoms with E-state index in [2.05, 4.69) is 27.1 Å². The van der Waals surface area contributed by atoms with Crippen LogP contribution in [0.4, 0.5) is 26.3 Å². The van der Waals surface area contributed by atoms with E-state index >= 15 is 4.39 Å². The van der Waals surface area contributed by atoms with Gasteiger partial charge in [-0.15, -0.1) is 11.3 Å². The van der Waals surface area contributed by atoms with Gasteiger partial charge in [-0.3, -0.25) is 23.7 Å². The molecule has 3 amide bonds. The largest absolute Gasteiger partial charge is 0.465 e. The Kier molecular flexibility index (Phi) is 14.3. The predicted octanol–water partition coefficient (Wildman–Crippen LogP) is 9.25. The standard InChI is InChI=1S/C47H58F6N5O7PS/c1-4-20-64-44(62)28(2)55-66(63,65-27-47(51,52)53)40(48)30-10-15-38-31(21-30)22-39(67-38)41(59)54-36-13-11-33(56(3)35-16-17-46(49,50)25-35)23-34-12-14-37(58(34)42(36)60)43(61)57-26-32(24-45(57)18-19-45)29-8-6-5-7-9-29/h5-10,15,21-22,28,32-37,40H,4,11-14,16-20,23-27H2,1-3H3,(H,54,59)(H,55,63)/t28-,32+,33-,34+,35-,36-,37-,40-,66?/m0/s1. The Balaban J connectivity index is 1.03. The summed E-state index contributed by atoms with van der Waals surface area (Å²) in [6.45, 7) is 1.33. The zero-order chi connectivity index (χ0) is 48.1. The first-order valence-corrected chi connectivity index (χ1v) is 25.7. The Hall–Kier alpha value is -4.03. The molecule has 0 bridgehead atoms. The summed E-state index contributed by atoms with van der Waals surface area (Å²) >= 11 is 1.01. The van der Waals surface area contributed by atoms with E-state index in [1.165, 1.54) is 24.3 Å². The zero-order valence-corrected chi connectivity index (χ0v) is 39.5. The third-order valence-corrected chi connectivity index (χ3v) is 17.7. The van der Waals surface area contributed by atoms with E-state index < -0.39 is 68.0 Å². The minimum Gasteiger partial charge on any atom is -0.465 e. The van der Waals surface area contributed by atoms with Crippen LogP contribution in [0.2, 0.25) is 0 Å². The molecule has 67 heavy (non-hydrogen) atoms. The molecule has 8 rings (SSSR count).